The van der Waals surface area contributed by atoms with E-state index in [1.54, 1.807) is 0 Å². The maximum atomic E-state index is 9.08. The topological polar surface area (TPSA) is 107 Å². The van der Waals surface area contributed by atoms with Gasteiger partial charge < -0.3 is 24.3 Å². The van der Waals surface area contributed by atoms with Crippen LogP contribution in [0.15, 0.2) is 61.2 Å². The fraction of sp³-hybridized carbons (Fsp3) is 0.318. The second-order valence-electron chi connectivity index (χ2n) is 6.76. The smallest absolute Gasteiger partial charge is 0.290 e. The minimum Gasteiger partial charge on any atom is -0.490 e. The molecule has 1 aromatic carbocycles. The number of aromatic nitrogens is 3. The predicted octanol–water partition coefficient (Wildman–Crippen LogP) is 2.45. The molecule has 8 nitrogen and oxygen atoms in total. The molecule has 0 spiro atoms. The number of carbonyl (C=O) groups is 1. The summed E-state index contributed by atoms with van der Waals surface area (Å²) >= 11 is 0. The van der Waals surface area contributed by atoms with E-state index in [0.29, 0.717) is 12.5 Å². The second kappa shape index (κ2) is 11.1. The number of benzene rings is 1. The van der Waals surface area contributed by atoms with E-state index in [1.807, 2.05) is 49.1 Å². The Balaban J connectivity index is 0.000000806. The summed E-state index contributed by atoms with van der Waals surface area (Å²) in [6, 6.07) is 12.1. The lowest BCUT2D eigenvalue weighted by atomic mass is 9.95. The summed E-state index contributed by atoms with van der Waals surface area (Å²) in [5.41, 5.74) is 2.18. The van der Waals surface area contributed by atoms with E-state index in [-0.39, 0.29) is 25.7 Å². The molecule has 0 bridgehead atoms. The van der Waals surface area contributed by atoms with Gasteiger partial charge in [-0.2, -0.15) is 0 Å². The maximum Gasteiger partial charge on any atom is 0.290 e. The molecule has 2 aromatic heterocycles. The number of rotatable bonds is 7. The van der Waals surface area contributed by atoms with Crippen molar-refractivity contribution in [2.75, 3.05) is 26.4 Å². The number of hydrogen-bond donors (Lipinski definition) is 2. The van der Waals surface area contributed by atoms with Crippen LogP contribution in [0.2, 0.25) is 0 Å². The van der Waals surface area contributed by atoms with E-state index >= 15 is 0 Å². The Labute approximate surface area is 174 Å². The van der Waals surface area contributed by atoms with Gasteiger partial charge in [0.2, 0.25) is 0 Å². The minimum atomic E-state index is -0.250. The number of hydrogen-bond acceptors (Lipinski definition) is 6. The summed E-state index contributed by atoms with van der Waals surface area (Å²) in [7, 11) is 0. The zero-order chi connectivity index (χ0) is 21.2. The molecule has 30 heavy (non-hydrogen) atoms. The fourth-order valence-corrected chi connectivity index (χ4v) is 3.63. The third-order valence-corrected chi connectivity index (χ3v) is 4.91. The van der Waals surface area contributed by atoms with Crippen molar-refractivity contribution in [3.8, 4) is 17.1 Å². The van der Waals surface area contributed by atoms with E-state index in [4.69, 9.17) is 24.5 Å². The van der Waals surface area contributed by atoms with Crippen molar-refractivity contribution in [3.05, 3.63) is 66.7 Å². The second-order valence-corrected chi connectivity index (χ2v) is 6.76. The van der Waals surface area contributed by atoms with E-state index in [1.165, 1.54) is 5.56 Å². The number of aliphatic hydroxyl groups excluding tert-OH is 1. The van der Waals surface area contributed by atoms with E-state index in [0.717, 1.165) is 30.2 Å². The van der Waals surface area contributed by atoms with Gasteiger partial charge in [0, 0.05) is 30.7 Å². The first-order valence-electron chi connectivity index (χ1n) is 9.68. The van der Waals surface area contributed by atoms with Gasteiger partial charge in [0.05, 0.1) is 31.4 Å². The molecule has 158 valence electrons. The molecule has 3 heterocycles. The van der Waals surface area contributed by atoms with Gasteiger partial charge in [-0.1, -0.05) is 12.1 Å². The Hall–Kier alpha value is -3.23. The standard InChI is InChI=1S/C21H23N3O3.CH2O2/c25-11-12-27-20-4-2-1-3-18(20)21-23-9-10-24(21)19-15-26-14-17(19)13-16-5-7-22-8-6-16;2-1-3/h1-10,17,19,25H,11-15H2;1H,(H,2,3)/t17-,19-;/m1./s1. The number of aliphatic hydroxyl groups is 1. The highest BCUT2D eigenvalue weighted by atomic mass is 16.5. The Kier molecular flexibility index (Phi) is 7.94. The van der Waals surface area contributed by atoms with Gasteiger partial charge >= 0.3 is 0 Å². The first-order chi connectivity index (χ1) is 14.8. The van der Waals surface area contributed by atoms with Crippen LogP contribution in [0.5, 0.6) is 5.75 Å². The molecule has 8 heteroatoms. The minimum absolute atomic E-state index is 0.0206. The normalized spacial score (nSPS) is 17.8. The third kappa shape index (κ3) is 5.22. The van der Waals surface area contributed by atoms with Crippen LogP contribution in [0.25, 0.3) is 11.4 Å². The molecule has 1 aliphatic heterocycles. The van der Waals surface area contributed by atoms with Crippen LogP contribution < -0.4 is 4.74 Å². The number of ether oxygens (including phenoxy) is 2. The van der Waals surface area contributed by atoms with Crippen molar-refractivity contribution in [2.24, 2.45) is 5.92 Å². The van der Waals surface area contributed by atoms with Gasteiger partial charge in [0.15, 0.2) is 0 Å². The summed E-state index contributed by atoms with van der Waals surface area (Å²) < 4.78 is 13.7. The van der Waals surface area contributed by atoms with Gasteiger partial charge in [0.25, 0.3) is 6.47 Å². The van der Waals surface area contributed by atoms with Crippen LogP contribution >= 0.6 is 0 Å². The monoisotopic (exact) mass is 411 g/mol. The Morgan fingerprint density at radius 1 is 1.17 bits per heavy atom. The van der Waals surface area contributed by atoms with Crippen LogP contribution in [0.1, 0.15) is 11.6 Å². The highest BCUT2D eigenvalue weighted by molar-refractivity contribution is 5.64. The van der Waals surface area contributed by atoms with Gasteiger partial charge in [-0.25, -0.2) is 4.98 Å². The predicted molar refractivity (Wildman–Crippen MR) is 110 cm³/mol. The fourth-order valence-electron chi connectivity index (χ4n) is 3.63. The molecule has 1 fully saturated rings. The summed E-state index contributed by atoms with van der Waals surface area (Å²) in [4.78, 5) is 17.1. The van der Waals surface area contributed by atoms with E-state index in [2.05, 4.69) is 26.7 Å². The van der Waals surface area contributed by atoms with Gasteiger partial charge in [-0.15, -0.1) is 0 Å². The highest BCUT2D eigenvalue weighted by Gasteiger charge is 2.31. The van der Waals surface area contributed by atoms with Crippen LogP contribution in [-0.2, 0) is 16.0 Å². The highest BCUT2D eigenvalue weighted by Crippen LogP contribution is 2.35. The summed E-state index contributed by atoms with van der Waals surface area (Å²) in [6.07, 6.45) is 8.43. The number of nitrogens with zero attached hydrogens (tertiary/aromatic N) is 3. The van der Waals surface area contributed by atoms with Crippen molar-refractivity contribution in [3.63, 3.8) is 0 Å². The van der Waals surface area contributed by atoms with Gasteiger partial charge in [-0.3, -0.25) is 9.78 Å². The van der Waals surface area contributed by atoms with Crippen LogP contribution in [-0.4, -0.2) is 57.6 Å². The van der Waals surface area contributed by atoms with Crippen molar-refractivity contribution in [2.45, 2.75) is 12.5 Å². The molecule has 2 N–H and O–H groups in total. The maximum absolute atomic E-state index is 9.08. The molecule has 1 saturated heterocycles. The number of pyridine rings is 1. The van der Waals surface area contributed by atoms with Gasteiger partial charge in [0.1, 0.15) is 18.2 Å². The number of imidazole rings is 1. The first-order valence-corrected chi connectivity index (χ1v) is 9.68. The van der Waals surface area contributed by atoms with Gasteiger partial charge in [-0.05, 0) is 36.2 Å². The summed E-state index contributed by atoms with van der Waals surface area (Å²) in [5, 5.41) is 16.0. The Morgan fingerprint density at radius 2 is 1.93 bits per heavy atom. The molecule has 0 aliphatic carbocycles. The van der Waals surface area contributed by atoms with Crippen molar-refractivity contribution < 1.29 is 24.5 Å². The molecule has 3 aromatic rings. The largest absolute Gasteiger partial charge is 0.490 e. The molecule has 0 saturated carbocycles. The molecule has 2 atom stereocenters. The molecule has 0 radical (unpaired) electrons. The van der Waals surface area contributed by atoms with E-state index in [9.17, 15) is 0 Å². The Bertz CT molecular complexity index is 916. The van der Waals surface area contributed by atoms with Crippen molar-refractivity contribution in [1.82, 2.24) is 14.5 Å². The van der Waals surface area contributed by atoms with Crippen LogP contribution in [0, 0.1) is 5.92 Å². The zero-order valence-electron chi connectivity index (χ0n) is 16.5. The summed E-state index contributed by atoms with van der Waals surface area (Å²) in [5.74, 6) is 1.95. The lowest BCUT2D eigenvalue weighted by molar-refractivity contribution is -0.122. The molecular formula is C22H25N3O5. The molecule has 1 aliphatic rings. The van der Waals surface area contributed by atoms with Crippen LogP contribution in [0.4, 0.5) is 0 Å². The molecule has 0 amide bonds. The lowest BCUT2D eigenvalue weighted by Gasteiger charge is -2.22. The van der Waals surface area contributed by atoms with Crippen molar-refractivity contribution in [1.29, 1.82) is 0 Å². The molecular weight excluding hydrogens is 386 g/mol. The average molecular weight is 411 g/mol. The number of carboxylic acid groups (broad SMARTS) is 1. The quantitative estimate of drug-likeness (QED) is 0.575. The average Bonchev–Trinajstić information content (AvgIpc) is 3.43. The summed E-state index contributed by atoms with van der Waals surface area (Å²) in [6.45, 7) is 1.38. The first kappa shape index (κ1) is 21.5. The molecule has 0 unspecified atom stereocenters. The third-order valence-electron chi connectivity index (χ3n) is 4.91. The van der Waals surface area contributed by atoms with Crippen molar-refractivity contribution >= 4 is 6.47 Å². The molecule has 4 rings (SSSR count). The lowest BCUT2D eigenvalue weighted by Crippen LogP contribution is -2.20. The Morgan fingerprint density at radius 3 is 2.70 bits per heavy atom. The van der Waals surface area contributed by atoms with E-state index < -0.39 is 0 Å². The number of para-hydroxylation sites is 1. The zero-order valence-corrected chi connectivity index (χ0v) is 16.5. The SMILES string of the molecule is O=CO.OCCOc1ccccc1-c1nccn1[C@@H]1COC[C@H]1Cc1ccncc1. The van der Waals surface area contributed by atoms with Crippen LogP contribution in [0.3, 0.4) is 0 Å².